The van der Waals surface area contributed by atoms with Gasteiger partial charge in [0.2, 0.25) is 0 Å². The van der Waals surface area contributed by atoms with Crippen LogP contribution in [-0.4, -0.2) is 25.0 Å². The summed E-state index contributed by atoms with van der Waals surface area (Å²) in [6.07, 6.45) is 4.24. The molecular weight excluding hydrogens is 302 g/mol. The minimum absolute atomic E-state index is 0.209. The van der Waals surface area contributed by atoms with Gasteiger partial charge in [0, 0.05) is 0 Å². The maximum atomic E-state index is 12.0. The van der Waals surface area contributed by atoms with E-state index in [0.29, 0.717) is 6.61 Å². The lowest BCUT2D eigenvalue weighted by molar-refractivity contribution is 0.312. The molecular formula is C15H17N3O3S. The molecule has 7 heteroatoms. The molecule has 0 radical (unpaired) electrons. The molecule has 2 aromatic rings. The van der Waals surface area contributed by atoms with Crippen molar-refractivity contribution >= 4 is 21.8 Å². The standard InChI is InChI=1S/C15H17N3O3S/c1-3-21-15-16-10-14(11-17-15)18-22(19,20)9-8-13-6-4-12(2)5-7-13/h4-11,18H,3H2,1-2H3/b9-8+. The first-order chi connectivity index (χ1) is 10.5. The highest BCUT2D eigenvalue weighted by molar-refractivity contribution is 7.95. The largest absolute Gasteiger partial charge is 0.464 e. The second-order valence-electron chi connectivity index (χ2n) is 4.55. The second kappa shape index (κ2) is 7.04. The summed E-state index contributed by atoms with van der Waals surface area (Å²) >= 11 is 0. The van der Waals surface area contributed by atoms with E-state index in [9.17, 15) is 8.42 Å². The van der Waals surface area contributed by atoms with Crippen LogP contribution < -0.4 is 9.46 Å². The molecule has 0 amide bonds. The van der Waals surface area contributed by atoms with Crippen LogP contribution in [-0.2, 0) is 10.0 Å². The summed E-state index contributed by atoms with van der Waals surface area (Å²) in [6.45, 7) is 4.23. The highest BCUT2D eigenvalue weighted by atomic mass is 32.2. The van der Waals surface area contributed by atoms with Gasteiger partial charge in [0.05, 0.1) is 30.1 Å². The molecule has 0 aliphatic carbocycles. The molecule has 1 aromatic heterocycles. The number of aryl methyl sites for hydroxylation is 1. The third-order valence-electron chi connectivity index (χ3n) is 2.68. The Kier molecular flexibility index (Phi) is 5.11. The van der Waals surface area contributed by atoms with Crippen molar-refractivity contribution in [2.24, 2.45) is 0 Å². The van der Waals surface area contributed by atoms with Crippen LogP contribution in [0.5, 0.6) is 6.01 Å². The Bertz CT molecular complexity index is 739. The van der Waals surface area contributed by atoms with Gasteiger partial charge in [0.1, 0.15) is 0 Å². The topological polar surface area (TPSA) is 81.2 Å². The van der Waals surface area contributed by atoms with Crippen molar-refractivity contribution in [2.45, 2.75) is 13.8 Å². The van der Waals surface area contributed by atoms with Crippen LogP contribution in [0.3, 0.4) is 0 Å². The number of hydrogen-bond donors (Lipinski definition) is 1. The number of rotatable bonds is 6. The van der Waals surface area contributed by atoms with Gasteiger partial charge in [-0.2, -0.15) is 0 Å². The molecule has 0 saturated heterocycles. The van der Waals surface area contributed by atoms with E-state index >= 15 is 0 Å². The second-order valence-corrected chi connectivity index (χ2v) is 6.11. The summed E-state index contributed by atoms with van der Waals surface area (Å²) in [4.78, 5) is 7.79. The molecule has 116 valence electrons. The predicted octanol–water partition coefficient (Wildman–Crippen LogP) is 2.60. The third-order valence-corrected chi connectivity index (χ3v) is 3.69. The molecule has 22 heavy (non-hydrogen) atoms. The Hall–Kier alpha value is -2.41. The highest BCUT2D eigenvalue weighted by Gasteiger charge is 2.07. The Labute approximate surface area is 129 Å². The van der Waals surface area contributed by atoms with E-state index < -0.39 is 10.0 Å². The molecule has 0 unspecified atom stereocenters. The summed E-state index contributed by atoms with van der Waals surface area (Å²) < 4.78 is 31.4. The summed E-state index contributed by atoms with van der Waals surface area (Å²) in [6, 6.07) is 7.74. The van der Waals surface area contributed by atoms with Crippen molar-refractivity contribution in [1.82, 2.24) is 9.97 Å². The number of anilines is 1. The number of benzene rings is 1. The maximum absolute atomic E-state index is 12.0. The highest BCUT2D eigenvalue weighted by Crippen LogP contribution is 2.11. The number of aromatic nitrogens is 2. The fourth-order valence-corrected chi connectivity index (χ4v) is 2.45. The van der Waals surface area contributed by atoms with Gasteiger partial charge in [0.15, 0.2) is 0 Å². The quantitative estimate of drug-likeness (QED) is 0.885. The van der Waals surface area contributed by atoms with Gasteiger partial charge in [-0.3, -0.25) is 4.72 Å². The lowest BCUT2D eigenvalue weighted by Crippen LogP contribution is -2.09. The molecule has 0 fully saturated rings. The number of ether oxygens (including phenoxy) is 1. The molecule has 0 saturated carbocycles. The Morgan fingerprint density at radius 2 is 1.82 bits per heavy atom. The molecule has 2 rings (SSSR count). The van der Waals surface area contributed by atoms with Crippen LogP contribution >= 0.6 is 0 Å². The van der Waals surface area contributed by atoms with E-state index in [2.05, 4.69) is 14.7 Å². The fraction of sp³-hybridized carbons (Fsp3) is 0.200. The van der Waals surface area contributed by atoms with Crippen LogP contribution in [0, 0.1) is 6.92 Å². The van der Waals surface area contributed by atoms with Crippen LogP contribution in [0.1, 0.15) is 18.1 Å². The lowest BCUT2D eigenvalue weighted by Gasteiger charge is -2.04. The maximum Gasteiger partial charge on any atom is 0.316 e. The molecule has 0 spiro atoms. The van der Waals surface area contributed by atoms with Gasteiger partial charge < -0.3 is 4.74 Å². The minimum atomic E-state index is -3.62. The first-order valence-electron chi connectivity index (χ1n) is 6.71. The molecule has 0 aliphatic heterocycles. The van der Waals surface area contributed by atoms with Crippen molar-refractivity contribution in [2.75, 3.05) is 11.3 Å². The Morgan fingerprint density at radius 1 is 1.18 bits per heavy atom. The fourth-order valence-electron chi connectivity index (χ4n) is 1.62. The van der Waals surface area contributed by atoms with Crippen LogP contribution in [0.15, 0.2) is 42.1 Å². The molecule has 0 aliphatic rings. The van der Waals surface area contributed by atoms with Crippen molar-refractivity contribution in [3.8, 4) is 6.01 Å². The van der Waals surface area contributed by atoms with Gasteiger partial charge in [-0.15, -0.1) is 0 Å². The zero-order chi connectivity index (χ0) is 16.0. The number of hydrogen-bond acceptors (Lipinski definition) is 5. The van der Waals surface area contributed by atoms with Gasteiger partial charge >= 0.3 is 6.01 Å². The Balaban J connectivity index is 2.05. The third kappa shape index (κ3) is 4.85. The van der Waals surface area contributed by atoms with Crippen molar-refractivity contribution in [3.05, 3.63) is 53.2 Å². The van der Waals surface area contributed by atoms with E-state index in [-0.39, 0.29) is 11.7 Å². The first-order valence-corrected chi connectivity index (χ1v) is 8.25. The number of sulfonamides is 1. The number of nitrogens with one attached hydrogen (secondary N) is 1. The van der Waals surface area contributed by atoms with Crippen LogP contribution in [0.25, 0.3) is 6.08 Å². The average Bonchev–Trinajstić information content (AvgIpc) is 2.49. The van der Waals surface area contributed by atoms with Crippen LogP contribution in [0.4, 0.5) is 5.69 Å². The van der Waals surface area contributed by atoms with Gasteiger partial charge in [-0.1, -0.05) is 29.8 Å². The zero-order valence-electron chi connectivity index (χ0n) is 12.4. The minimum Gasteiger partial charge on any atom is -0.464 e. The summed E-state index contributed by atoms with van der Waals surface area (Å²) in [5.41, 5.74) is 2.19. The monoisotopic (exact) mass is 319 g/mol. The molecule has 6 nitrogen and oxygen atoms in total. The molecule has 1 heterocycles. The van der Waals surface area contributed by atoms with Crippen molar-refractivity contribution in [3.63, 3.8) is 0 Å². The molecule has 0 atom stereocenters. The summed E-state index contributed by atoms with van der Waals surface area (Å²) in [7, 11) is -3.62. The van der Waals surface area contributed by atoms with Gasteiger partial charge in [-0.25, -0.2) is 18.4 Å². The average molecular weight is 319 g/mol. The van der Waals surface area contributed by atoms with E-state index in [1.54, 1.807) is 0 Å². The van der Waals surface area contributed by atoms with Crippen molar-refractivity contribution < 1.29 is 13.2 Å². The number of nitrogens with zero attached hydrogens (tertiary/aromatic N) is 2. The predicted molar refractivity (Wildman–Crippen MR) is 86.0 cm³/mol. The molecule has 1 N–H and O–H groups in total. The Morgan fingerprint density at radius 3 is 2.41 bits per heavy atom. The van der Waals surface area contributed by atoms with E-state index in [4.69, 9.17) is 4.74 Å². The van der Waals surface area contributed by atoms with E-state index in [1.165, 1.54) is 18.5 Å². The van der Waals surface area contributed by atoms with E-state index in [1.807, 2.05) is 38.1 Å². The lowest BCUT2D eigenvalue weighted by atomic mass is 10.2. The smallest absolute Gasteiger partial charge is 0.316 e. The first kappa shape index (κ1) is 16.0. The van der Waals surface area contributed by atoms with Crippen LogP contribution in [0.2, 0.25) is 0 Å². The molecule has 0 bridgehead atoms. The van der Waals surface area contributed by atoms with Gasteiger partial charge in [0.25, 0.3) is 10.0 Å². The summed E-state index contributed by atoms with van der Waals surface area (Å²) in [5.74, 6) is 0. The normalized spacial score (nSPS) is 11.5. The van der Waals surface area contributed by atoms with E-state index in [0.717, 1.165) is 16.5 Å². The zero-order valence-corrected chi connectivity index (χ0v) is 13.2. The molecule has 1 aromatic carbocycles. The van der Waals surface area contributed by atoms with Crippen molar-refractivity contribution in [1.29, 1.82) is 0 Å². The van der Waals surface area contributed by atoms with Gasteiger partial charge in [-0.05, 0) is 25.5 Å². The SMILES string of the molecule is CCOc1ncc(NS(=O)(=O)/C=C/c2ccc(C)cc2)cn1. The summed E-state index contributed by atoms with van der Waals surface area (Å²) in [5, 5.41) is 1.11.